The maximum Gasteiger partial charge on any atom is 0.270 e. The molecule has 3 N–H and O–H groups in total. The molecule has 0 spiro atoms. The standard InChI is InChI=1S/C15H12N4O4/c20-13(9-4-2-1-3-5-9)15(21)16-14-11-8-10(19(22)23)6-7-12(11)17-18-14/h1-8,13,20H,(H2,16,17,18,21). The number of H-pyrrole nitrogens is 1. The van der Waals surface area contributed by atoms with Gasteiger partial charge in [-0.05, 0) is 11.6 Å². The highest BCUT2D eigenvalue weighted by Crippen LogP contribution is 2.26. The van der Waals surface area contributed by atoms with Crippen molar-refractivity contribution in [3.63, 3.8) is 0 Å². The molecule has 1 atom stereocenters. The van der Waals surface area contributed by atoms with Gasteiger partial charge in [0.25, 0.3) is 11.6 Å². The number of nitro groups is 1. The lowest BCUT2D eigenvalue weighted by molar-refractivity contribution is -0.384. The predicted molar refractivity (Wildman–Crippen MR) is 82.8 cm³/mol. The Balaban J connectivity index is 1.87. The van der Waals surface area contributed by atoms with Crippen LogP contribution in [0.4, 0.5) is 11.5 Å². The van der Waals surface area contributed by atoms with Crippen LogP contribution in [0.25, 0.3) is 10.9 Å². The summed E-state index contributed by atoms with van der Waals surface area (Å²) in [5, 5.41) is 30.3. The molecule has 8 heteroatoms. The van der Waals surface area contributed by atoms with E-state index in [1.165, 1.54) is 18.2 Å². The number of nitrogens with zero attached hydrogens (tertiary/aromatic N) is 2. The molecule has 3 aromatic rings. The fourth-order valence-corrected chi connectivity index (χ4v) is 2.18. The highest BCUT2D eigenvalue weighted by molar-refractivity contribution is 6.02. The Morgan fingerprint density at radius 3 is 2.70 bits per heavy atom. The Labute approximate surface area is 129 Å². The zero-order chi connectivity index (χ0) is 16.4. The van der Waals surface area contributed by atoms with Gasteiger partial charge in [-0.2, -0.15) is 5.10 Å². The fourth-order valence-electron chi connectivity index (χ4n) is 2.18. The van der Waals surface area contributed by atoms with Gasteiger partial charge in [-0.15, -0.1) is 0 Å². The van der Waals surface area contributed by atoms with E-state index < -0.39 is 16.9 Å². The number of aromatic amines is 1. The quantitative estimate of drug-likeness (QED) is 0.503. The first kappa shape index (κ1) is 14.7. The second-order valence-electron chi connectivity index (χ2n) is 4.86. The third-order valence-corrected chi connectivity index (χ3v) is 3.36. The van der Waals surface area contributed by atoms with E-state index in [-0.39, 0.29) is 11.5 Å². The molecule has 23 heavy (non-hydrogen) atoms. The van der Waals surface area contributed by atoms with Gasteiger partial charge in [0.1, 0.15) is 0 Å². The molecule has 1 heterocycles. The molecule has 0 aliphatic carbocycles. The monoisotopic (exact) mass is 312 g/mol. The number of benzene rings is 2. The minimum Gasteiger partial charge on any atom is -0.378 e. The second-order valence-corrected chi connectivity index (χ2v) is 4.86. The number of carbonyl (C=O) groups is 1. The number of hydrogen-bond acceptors (Lipinski definition) is 5. The molecule has 0 aliphatic rings. The van der Waals surface area contributed by atoms with Crippen LogP contribution in [0.2, 0.25) is 0 Å². The summed E-state index contributed by atoms with van der Waals surface area (Å²) in [7, 11) is 0. The summed E-state index contributed by atoms with van der Waals surface area (Å²) >= 11 is 0. The smallest absolute Gasteiger partial charge is 0.270 e. The van der Waals surface area contributed by atoms with E-state index in [0.29, 0.717) is 16.5 Å². The Hall–Kier alpha value is -3.26. The van der Waals surface area contributed by atoms with Crippen LogP contribution in [-0.4, -0.2) is 26.1 Å². The average molecular weight is 312 g/mol. The third-order valence-electron chi connectivity index (χ3n) is 3.36. The predicted octanol–water partition coefficient (Wildman–Crippen LogP) is 2.14. The summed E-state index contributed by atoms with van der Waals surface area (Å²) in [6.45, 7) is 0. The van der Waals surface area contributed by atoms with Crippen LogP contribution >= 0.6 is 0 Å². The molecule has 0 saturated carbocycles. The van der Waals surface area contributed by atoms with Crippen LogP contribution in [0.5, 0.6) is 0 Å². The molecule has 0 radical (unpaired) electrons. The van der Waals surface area contributed by atoms with Crippen molar-refractivity contribution in [2.45, 2.75) is 6.10 Å². The van der Waals surface area contributed by atoms with Gasteiger partial charge < -0.3 is 10.4 Å². The largest absolute Gasteiger partial charge is 0.378 e. The highest BCUT2D eigenvalue weighted by Gasteiger charge is 2.20. The zero-order valence-corrected chi connectivity index (χ0v) is 11.8. The highest BCUT2D eigenvalue weighted by atomic mass is 16.6. The summed E-state index contributed by atoms with van der Waals surface area (Å²) in [4.78, 5) is 22.4. The third kappa shape index (κ3) is 2.87. The van der Waals surface area contributed by atoms with E-state index in [1.54, 1.807) is 30.3 Å². The van der Waals surface area contributed by atoms with Gasteiger partial charge >= 0.3 is 0 Å². The maximum atomic E-state index is 12.1. The summed E-state index contributed by atoms with van der Waals surface area (Å²) < 4.78 is 0. The lowest BCUT2D eigenvalue weighted by Gasteiger charge is -2.10. The summed E-state index contributed by atoms with van der Waals surface area (Å²) in [6, 6.07) is 12.6. The first-order valence-corrected chi connectivity index (χ1v) is 6.72. The van der Waals surface area contributed by atoms with E-state index in [9.17, 15) is 20.0 Å². The van der Waals surface area contributed by atoms with Crippen LogP contribution in [0.1, 0.15) is 11.7 Å². The fraction of sp³-hybridized carbons (Fsp3) is 0.0667. The van der Waals surface area contributed by atoms with Crippen molar-refractivity contribution in [2.24, 2.45) is 0 Å². The lowest BCUT2D eigenvalue weighted by Crippen LogP contribution is -2.21. The van der Waals surface area contributed by atoms with Gasteiger partial charge in [-0.3, -0.25) is 20.0 Å². The molecule has 2 aromatic carbocycles. The number of nitrogens with one attached hydrogen (secondary N) is 2. The first-order valence-electron chi connectivity index (χ1n) is 6.72. The molecule has 1 amide bonds. The normalized spacial score (nSPS) is 12.0. The van der Waals surface area contributed by atoms with Crippen LogP contribution in [-0.2, 0) is 4.79 Å². The molecule has 3 rings (SSSR count). The number of fused-ring (bicyclic) bond motifs is 1. The number of rotatable bonds is 4. The van der Waals surface area contributed by atoms with Crippen molar-refractivity contribution < 1.29 is 14.8 Å². The van der Waals surface area contributed by atoms with E-state index >= 15 is 0 Å². The number of hydrogen-bond donors (Lipinski definition) is 3. The maximum absolute atomic E-state index is 12.1. The van der Waals surface area contributed by atoms with Crippen LogP contribution in [0.15, 0.2) is 48.5 Å². The molecule has 0 bridgehead atoms. The number of anilines is 1. The van der Waals surface area contributed by atoms with E-state index in [2.05, 4.69) is 15.5 Å². The van der Waals surface area contributed by atoms with Crippen molar-refractivity contribution >= 4 is 28.3 Å². The number of carbonyl (C=O) groups excluding carboxylic acids is 1. The van der Waals surface area contributed by atoms with Crippen molar-refractivity contribution in [2.75, 3.05) is 5.32 Å². The molecule has 8 nitrogen and oxygen atoms in total. The minimum atomic E-state index is -1.36. The van der Waals surface area contributed by atoms with Gasteiger partial charge in [-0.1, -0.05) is 30.3 Å². The van der Waals surface area contributed by atoms with Crippen LogP contribution in [0, 0.1) is 10.1 Å². The summed E-state index contributed by atoms with van der Waals surface area (Å²) in [6.07, 6.45) is -1.36. The van der Waals surface area contributed by atoms with Crippen molar-refractivity contribution in [1.29, 1.82) is 0 Å². The topological polar surface area (TPSA) is 121 Å². The summed E-state index contributed by atoms with van der Waals surface area (Å²) in [5.74, 6) is -0.542. The number of nitro benzene ring substituents is 1. The van der Waals surface area contributed by atoms with Gasteiger partial charge in [0.2, 0.25) is 0 Å². The van der Waals surface area contributed by atoms with Gasteiger partial charge in [0, 0.05) is 12.1 Å². The Morgan fingerprint density at radius 2 is 2.00 bits per heavy atom. The molecular weight excluding hydrogens is 300 g/mol. The van der Waals surface area contributed by atoms with E-state index in [1.807, 2.05) is 0 Å². The van der Waals surface area contributed by atoms with E-state index in [4.69, 9.17) is 0 Å². The second kappa shape index (κ2) is 5.85. The SMILES string of the molecule is O=C(Nc1n[nH]c2ccc([N+](=O)[O-])cc12)C(O)c1ccccc1. The molecule has 116 valence electrons. The number of aromatic nitrogens is 2. The Kier molecular flexibility index (Phi) is 3.73. The summed E-state index contributed by atoms with van der Waals surface area (Å²) in [5.41, 5.74) is 0.869. The van der Waals surface area contributed by atoms with Crippen LogP contribution in [0.3, 0.4) is 0 Å². The van der Waals surface area contributed by atoms with Gasteiger partial charge in [-0.25, -0.2) is 0 Å². The van der Waals surface area contributed by atoms with Crippen molar-refractivity contribution in [1.82, 2.24) is 10.2 Å². The zero-order valence-electron chi connectivity index (χ0n) is 11.8. The van der Waals surface area contributed by atoms with Crippen molar-refractivity contribution in [3.8, 4) is 0 Å². The molecular formula is C15H12N4O4. The Morgan fingerprint density at radius 1 is 1.26 bits per heavy atom. The number of aliphatic hydroxyl groups is 1. The molecule has 0 fully saturated rings. The van der Waals surface area contributed by atoms with Crippen molar-refractivity contribution in [3.05, 3.63) is 64.2 Å². The molecule has 1 aromatic heterocycles. The molecule has 1 unspecified atom stereocenters. The Bertz CT molecular complexity index is 876. The van der Waals surface area contributed by atoms with Gasteiger partial charge in [0.05, 0.1) is 15.8 Å². The van der Waals surface area contributed by atoms with Crippen LogP contribution < -0.4 is 5.32 Å². The average Bonchev–Trinajstić information content (AvgIpc) is 2.97. The minimum absolute atomic E-state index is 0.113. The van der Waals surface area contributed by atoms with E-state index in [0.717, 1.165) is 0 Å². The number of amides is 1. The molecule has 0 saturated heterocycles. The van der Waals surface area contributed by atoms with Gasteiger partial charge in [0.15, 0.2) is 11.9 Å². The lowest BCUT2D eigenvalue weighted by atomic mass is 10.1. The number of non-ortho nitro benzene ring substituents is 1. The number of aliphatic hydroxyl groups excluding tert-OH is 1. The first-order chi connectivity index (χ1) is 11.1. The molecule has 0 aliphatic heterocycles.